The number of hydrogen-bond acceptors (Lipinski definition) is 3. The first-order chi connectivity index (χ1) is 9.08. The Kier molecular flexibility index (Phi) is 5.22. The molecule has 0 aromatic heterocycles. The summed E-state index contributed by atoms with van der Waals surface area (Å²) in [4.78, 5) is 16.6. The van der Waals surface area contributed by atoms with Crippen molar-refractivity contribution in [1.29, 1.82) is 0 Å². The van der Waals surface area contributed by atoms with Crippen LogP contribution in [0.25, 0.3) is 0 Å². The maximum absolute atomic E-state index is 12.1. The van der Waals surface area contributed by atoms with Crippen LogP contribution in [0.15, 0.2) is 0 Å². The fraction of sp³-hybridized carbons (Fsp3) is 0.933. The van der Waals surface area contributed by atoms with Crippen LogP contribution < -0.4 is 5.32 Å². The second kappa shape index (κ2) is 6.71. The molecule has 2 fully saturated rings. The Morgan fingerprint density at radius 3 is 2.58 bits per heavy atom. The normalized spacial score (nSPS) is 33.4. The lowest BCUT2D eigenvalue weighted by atomic mass is 9.90. The minimum atomic E-state index is 0.290. The Morgan fingerprint density at radius 1 is 1.21 bits per heavy atom. The third-order valence-corrected chi connectivity index (χ3v) is 4.83. The van der Waals surface area contributed by atoms with Gasteiger partial charge in [-0.1, -0.05) is 6.92 Å². The van der Waals surface area contributed by atoms with Gasteiger partial charge in [0.2, 0.25) is 5.91 Å². The smallest absolute Gasteiger partial charge is 0.236 e. The summed E-state index contributed by atoms with van der Waals surface area (Å²) >= 11 is 0. The molecule has 0 aromatic rings. The summed E-state index contributed by atoms with van der Waals surface area (Å²) in [5, 5.41) is 3.50. The van der Waals surface area contributed by atoms with E-state index in [-0.39, 0.29) is 0 Å². The summed E-state index contributed by atoms with van der Waals surface area (Å²) in [6, 6.07) is 1.10. The first-order valence-electron chi connectivity index (χ1n) is 7.79. The Balaban J connectivity index is 1.76. The summed E-state index contributed by atoms with van der Waals surface area (Å²) in [5.41, 5.74) is 0. The Morgan fingerprint density at radius 2 is 1.89 bits per heavy atom. The van der Waals surface area contributed by atoms with Crippen molar-refractivity contribution < 1.29 is 4.79 Å². The molecule has 2 heterocycles. The van der Waals surface area contributed by atoms with Crippen LogP contribution >= 0.6 is 0 Å². The van der Waals surface area contributed by atoms with Gasteiger partial charge in [-0.3, -0.25) is 4.79 Å². The molecule has 1 N–H and O–H groups in total. The minimum absolute atomic E-state index is 0.290. The highest BCUT2D eigenvalue weighted by Crippen LogP contribution is 2.20. The topological polar surface area (TPSA) is 35.6 Å². The molecule has 1 amide bonds. The lowest BCUT2D eigenvalue weighted by molar-refractivity contribution is -0.131. The zero-order valence-electron chi connectivity index (χ0n) is 12.7. The van der Waals surface area contributed by atoms with Crippen LogP contribution in [0.2, 0.25) is 0 Å². The van der Waals surface area contributed by atoms with E-state index >= 15 is 0 Å². The van der Waals surface area contributed by atoms with E-state index in [1.165, 1.54) is 19.3 Å². The molecule has 0 bridgehead atoms. The van der Waals surface area contributed by atoms with Gasteiger partial charge in [-0.05, 0) is 45.6 Å². The van der Waals surface area contributed by atoms with E-state index in [2.05, 4.69) is 31.1 Å². The van der Waals surface area contributed by atoms with Crippen molar-refractivity contribution in [3.05, 3.63) is 0 Å². The number of rotatable bonds is 3. The maximum atomic E-state index is 12.1. The number of likely N-dealkylation sites (tertiary alicyclic amines) is 2. The monoisotopic (exact) mass is 267 g/mol. The van der Waals surface area contributed by atoms with E-state index in [1.54, 1.807) is 0 Å². The first-order valence-corrected chi connectivity index (χ1v) is 7.79. The first kappa shape index (κ1) is 14.8. The molecule has 4 nitrogen and oxygen atoms in total. The van der Waals surface area contributed by atoms with Crippen molar-refractivity contribution in [3.8, 4) is 0 Å². The van der Waals surface area contributed by atoms with Crippen molar-refractivity contribution in [2.24, 2.45) is 5.92 Å². The van der Waals surface area contributed by atoms with Crippen molar-refractivity contribution in [2.75, 3.05) is 33.2 Å². The van der Waals surface area contributed by atoms with Crippen LogP contribution in [-0.4, -0.2) is 61.0 Å². The van der Waals surface area contributed by atoms with Gasteiger partial charge in [0.15, 0.2) is 0 Å². The van der Waals surface area contributed by atoms with E-state index < -0.39 is 0 Å². The number of amides is 1. The molecule has 2 rings (SSSR count). The van der Waals surface area contributed by atoms with E-state index in [1.807, 2.05) is 4.90 Å². The Hall–Kier alpha value is -0.610. The molecule has 0 saturated carbocycles. The molecule has 110 valence electrons. The van der Waals surface area contributed by atoms with E-state index in [4.69, 9.17) is 0 Å². The standard InChI is InChI=1S/C15H29N3O/c1-12-11-17(3)13(2)9-14(12)16-10-15(19)18-7-5-4-6-8-18/h12-14,16H,4-11H2,1-3H3. The van der Waals surface area contributed by atoms with E-state index in [0.717, 1.165) is 26.1 Å². The molecule has 3 unspecified atom stereocenters. The highest BCUT2D eigenvalue weighted by molar-refractivity contribution is 5.78. The summed E-state index contributed by atoms with van der Waals surface area (Å²) in [7, 11) is 2.19. The molecule has 4 heteroatoms. The lowest BCUT2D eigenvalue weighted by Crippen LogP contribution is -2.53. The van der Waals surface area contributed by atoms with Gasteiger partial charge in [-0.25, -0.2) is 0 Å². The Labute approximate surface area is 117 Å². The summed E-state index contributed by atoms with van der Waals surface area (Å²) in [6.07, 6.45) is 4.77. The molecular weight excluding hydrogens is 238 g/mol. The number of nitrogens with one attached hydrogen (secondary N) is 1. The van der Waals surface area contributed by atoms with Crippen molar-refractivity contribution in [3.63, 3.8) is 0 Å². The third-order valence-electron chi connectivity index (χ3n) is 4.83. The number of nitrogens with zero attached hydrogens (tertiary/aromatic N) is 2. The summed E-state index contributed by atoms with van der Waals surface area (Å²) in [5.74, 6) is 0.911. The highest BCUT2D eigenvalue weighted by atomic mass is 16.2. The van der Waals surface area contributed by atoms with Crippen LogP contribution in [0, 0.1) is 5.92 Å². The van der Waals surface area contributed by atoms with Gasteiger partial charge in [0.1, 0.15) is 0 Å². The van der Waals surface area contributed by atoms with Crippen LogP contribution in [0.5, 0.6) is 0 Å². The molecule has 0 spiro atoms. The lowest BCUT2D eigenvalue weighted by Gasteiger charge is -2.40. The fourth-order valence-electron chi connectivity index (χ4n) is 3.30. The number of hydrogen-bond donors (Lipinski definition) is 1. The van der Waals surface area contributed by atoms with Gasteiger partial charge in [0, 0.05) is 31.7 Å². The molecule has 2 saturated heterocycles. The average molecular weight is 267 g/mol. The van der Waals surface area contributed by atoms with Gasteiger partial charge in [0.25, 0.3) is 0 Å². The quantitative estimate of drug-likeness (QED) is 0.837. The van der Waals surface area contributed by atoms with Crippen molar-refractivity contribution >= 4 is 5.91 Å². The van der Waals surface area contributed by atoms with Gasteiger partial charge in [-0.15, -0.1) is 0 Å². The maximum Gasteiger partial charge on any atom is 0.236 e. The molecule has 3 atom stereocenters. The predicted molar refractivity (Wildman–Crippen MR) is 78.1 cm³/mol. The second-order valence-corrected chi connectivity index (χ2v) is 6.43. The van der Waals surface area contributed by atoms with Gasteiger partial charge < -0.3 is 15.1 Å². The zero-order chi connectivity index (χ0) is 13.8. The number of carbonyl (C=O) groups excluding carboxylic acids is 1. The van der Waals surface area contributed by atoms with E-state index in [9.17, 15) is 4.79 Å². The van der Waals surface area contributed by atoms with Crippen molar-refractivity contribution in [1.82, 2.24) is 15.1 Å². The second-order valence-electron chi connectivity index (χ2n) is 6.43. The van der Waals surface area contributed by atoms with Crippen LogP contribution in [0.4, 0.5) is 0 Å². The molecule has 2 aliphatic heterocycles. The number of piperidine rings is 2. The summed E-state index contributed by atoms with van der Waals surface area (Å²) < 4.78 is 0. The molecular formula is C15H29N3O. The molecule has 0 aromatic carbocycles. The van der Waals surface area contributed by atoms with Crippen LogP contribution in [0.1, 0.15) is 39.5 Å². The highest BCUT2D eigenvalue weighted by Gasteiger charge is 2.29. The minimum Gasteiger partial charge on any atom is -0.342 e. The predicted octanol–water partition coefficient (Wildman–Crippen LogP) is 1.32. The SMILES string of the molecule is CC1CN(C)C(C)CC1NCC(=O)N1CCCCC1. The van der Waals surface area contributed by atoms with Crippen LogP contribution in [0.3, 0.4) is 0 Å². The fourth-order valence-corrected chi connectivity index (χ4v) is 3.30. The van der Waals surface area contributed by atoms with Gasteiger partial charge >= 0.3 is 0 Å². The zero-order valence-corrected chi connectivity index (χ0v) is 12.7. The van der Waals surface area contributed by atoms with E-state index in [0.29, 0.717) is 30.5 Å². The third kappa shape index (κ3) is 3.93. The Bertz CT molecular complexity index is 302. The van der Waals surface area contributed by atoms with Crippen LogP contribution in [-0.2, 0) is 4.79 Å². The molecule has 0 radical (unpaired) electrons. The number of carbonyl (C=O) groups is 1. The van der Waals surface area contributed by atoms with Gasteiger partial charge in [-0.2, -0.15) is 0 Å². The molecule has 2 aliphatic rings. The van der Waals surface area contributed by atoms with Gasteiger partial charge in [0.05, 0.1) is 6.54 Å². The molecule has 19 heavy (non-hydrogen) atoms. The summed E-state index contributed by atoms with van der Waals surface area (Å²) in [6.45, 7) is 8.11. The largest absolute Gasteiger partial charge is 0.342 e. The average Bonchev–Trinajstić information content (AvgIpc) is 2.42. The molecule has 0 aliphatic carbocycles. The van der Waals surface area contributed by atoms with Crippen molar-refractivity contribution in [2.45, 2.75) is 51.6 Å².